The van der Waals surface area contributed by atoms with Crippen LogP contribution in [0.25, 0.3) is 0 Å². The van der Waals surface area contributed by atoms with Crippen LogP contribution in [0, 0.1) is 0 Å². The van der Waals surface area contributed by atoms with Crippen LogP contribution in [0.4, 0.5) is 10.8 Å². The van der Waals surface area contributed by atoms with Gasteiger partial charge in [-0.1, -0.05) is 0 Å². The van der Waals surface area contributed by atoms with E-state index in [0.29, 0.717) is 12.8 Å². The van der Waals surface area contributed by atoms with Crippen LogP contribution in [0.1, 0.15) is 12.1 Å². The van der Waals surface area contributed by atoms with Crippen LogP contribution in [-0.2, 0) is 16.0 Å². The first-order chi connectivity index (χ1) is 10.1. The van der Waals surface area contributed by atoms with Crippen molar-refractivity contribution in [1.29, 1.82) is 0 Å². The Kier molecular flexibility index (Phi) is 5.58. The summed E-state index contributed by atoms with van der Waals surface area (Å²) in [4.78, 5) is 15.5. The Morgan fingerprint density at radius 1 is 1.43 bits per heavy atom. The number of methoxy groups -OCH3 is 2. The first-order valence-electron chi connectivity index (χ1n) is 6.24. The van der Waals surface area contributed by atoms with Crippen LogP contribution < -0.4 is 10.1 Å². The molecule has 0 aliphatic rings. The molecule has 21 heavy (non-hydrogen) atoms. The van der Waals surface area contributed by atoms with Crippen LogP contribution in [0.15, 0.2) is 28.1 Å². The van der Waals surface area contributed by atoms with Gasteiger partial charge in [-0.25, -0.2) is 4.98 Å². The SMILES string of the molecule is COC(=O)CCc1csc(Nc2ccc(Br)c(OC)c2)n1. The van der Waals surface area contributed by atoms with Crippen LogP contribution in [-0.4, -0.2) is 25.2 Å². The Hall–Kier alpha value is -1.60. The molecule has 0 fully saturated rings. The number of carbonyl (C=O) groups excluding carboxylic acids is 1. The Balaban J connectivity index is 2.00. The summed E-state index contributed by atoms with van der Waals surface area (Å²) in [5.41, 5.74) is 1.76. The smallest absolute Gasteiger partial charge is 0.305 e. The molecular formula is C14H15BrN2O3S. The Bertz CT molecular complexity index is 630. The number of aryl methyl sites for hydroxylation is 1. The molecule has 0 amide bonds. The van der Waals surface area contributed by atoms with E-state index in [4.69, 9.17) is 4.74 Å². The van der Waals surface area contributed by atoms with Gasteiger partial charge in [-0.05, 0) is 28.1 Å². The van der Waals surface area contributed by atoms with Gasteiger partial charge in [0.2, 0.25) is 0 Å². The van der Waals surface area contributed by atoms with Crippen LogP contribution in [0.2, 0.25) is 0 Å². The van der Waals surface area contributed by atoms with Crippen molar-refractivity contribution in [3.63, 3.8) is 0 Å². The van der Waals surface area contributed by atoms with Crippen molar-refractivity contribution < 1.29 is 14.3 Å². The number of esters is 1. The molecule has 0 saturated carbocycles. The number of nitrogens with zero attached hydrogens (tertiary/aromatic N) is 1. The molecule has 0 aliphatic heterocycles. The third-order valence-electron chi connectivity index (χ3n) is 2.77. The lowest BCUT2D eigenvalue weighted by Gasteiger charge is -2.07. The average molecular weight is 371 g/mol. The summed E-state index contributed by atoms with van der Waals surface area (Å²) in [6.07, 6.45) is 0.917. The second-order valence-corrected chi connectivity index (χ2v) is 5.91. The number of carbonyl (C=O) groups is 1. The molecule has 1 N–H and O–H groups in total. The fraction of sp³-hybridized carbons (Fsp3) is 0.286. The predicted octanol–water partition coefficient (Wildman–Crippen LogP) is 3.76. The lowest BCUT2D eigenvalue weighted by molar-refractivity contribution is -0.140. The normalized spacial score (nSPS) is 10.2. The predicted molar refractivity (Wildman–Crippen MR) is 86.4 cm³/mol. The fourth-order valence-corrected chi connectivity index (χ4v) is 2.85. The molecule has 112 valence electrons. The third kappa shape index (κ3) is 4.44. The molecule has 0 radical (unpaired) electrons. The summed E-state index contributed by atoms with van der Waals surface area (Å²) in [6.45, 7) is 0. The number of halogens is 1. The van der Waals surface area contributed by atoms with E-state index in [-0.39, 0.29) is 5.97 Å². The zero-order valence-electron chi connectivity index (χ0n) is 11.7. The number of nitrogens with one attached hydrogen (secondary N) is 1. The number of rotatable bonds is 6. The van der Waals surface area contributed by atoms with Gasteiger partial charge in [0.05, 0.1) is 30.8 Å². The van der Waals surface area contributed by atoms with Crippen molar-refractivity contribution in [3.05, 3.63) is 33.7 Å². The average Bonchev–Trinajstić information content (AvgIpc) is 2.94. The van der Waals surface area contributed by atoms with Gasteiger partial charge in [-0.2, -0.15) is 0 Å². The van der Waals surface area contributed by atoms with E-state index < -0.39 is 0 Å². The number of thiazole rings is 1. The lowest BCUT2D eigenvalue weighted by atomic mass is 10.2. The van der Waals surface area contributed by atoms with E-state index in [1.165, 1.54) is 18.4 Å². The molecule has 1 aromatic carbocycles. The van der Waals surface area contributed by atoms with Crippen molar-refractivity contribution >= 4 is 44.1 Å². The van der Waals surface area contributed by atoms with Crippen molar-refractivity contribution in [3.8, 4) is 5.75 Å². The molecule has 0 bridgehead atoms. The maximum absolute atomic E-state index is 11.1. The van der Waals surface area contributed by atoms with E-state index in [0.717, 1.165) is 26.7 Å². The Morgan fingerprint density at radius 3 is 2.95 bits per heavy atom. The van der Waals surface area contributed by atoms with Crippen LogP contribution >= 0.6 is 27.3 Å². The Morgan fingerprint density at radius 2 is 2.24 bits per heavy atom. The Labute approximate surface area is 135 Å². The van der Waals surface area contributed by atoms with Gasteiger partial charge in [0.1, 0.15) is 5.75 Å². The molecule has 7 heteroatoms. The minimum absolute atomic E-state index is 0.227. The minimum Gasteiger partial charge on any atom is -0.495 e. The number of ether oxygens (including phenoxy) is 2. The van der Waals surface area contributed by atoms with E-state index >= 15 is 0 Å². The second-order valence-electron chi connectivity index (χ2n) is 4.19. The highest BCUT2D eigenvalue weighted by Gasteiger charge is 2.07. The molecular weight excluding hydrogens is 356 g/mol. The molecule has 0 atom stereocenters. The summed E-state index contributed by atoms with van der Waals surface area (Å²) in [7, 11) is 3.01. The zero-order chi connectivity index (χ0) is 15.2. The first-order valence-corrected chi connectivity index (χ1v) is 7.91. The maximum atomic E-state index is 11.1. The minimum atomic E-state index is -0.227. The zero-order valence-corrected chi connectivity index (χ0v) is 14.1. The molecule has 2 aromatic rings. The summed E-state index contributed by atoms with van der Waals surface area (Å²) in [5.74, 6) is 0.526. The van der Waals surface area contributed by atoms with Gasteiger partial charge in [-0.3, -0.25) is 4.79 Å². The van der Waals surface area contributed by atoms with Gasteiger partial charge in [0.15, 0.2) is 5.13 Å². The van der Waals surface area contributed by atoms with Crippen molar-refractivity contribution in [2.24, 2.45) is 0 Å². The number of anilines is 2. The summed E-state index contributed by atoms with van der Waals surface area (Å²) in [6, 6.07) is 5.73. The number of hydrogen-bond acceptors (Lipinski definition) is 6. The van der Waals surface area contributed by atoms with E-state index in [1.54, 1.807) is 7.11 Å². The molecule has 0 aliphatic carbocycles. The van der Waals surface area contributed by atoms with Gasteiger partial charge in [0.25, 0.3) is 0 Å². The molecule has 1 aromatic heterocycles. The third-order valence-corrected chi connectivity index (χ3v) is 4.23. The highest BCUT2D eigenvalue weighted by molar-refractivity contribution is 9.10. The highest BCUT2D eigenvalue weighted by Crippen LogP contribution is 2.30. The van der Waals surface area contributed by atoms with E-state index in [9.17, 15) is 4.79 Å². The quantitative estimate of drug-likeness (QED) is 0.784. The lowest BCUT2D eigenvalue weighted by Crippen LogP contribution is -2.02. The van der Waals surface area contributed by atoms with Crippen LogP contribution in [0.3, 0.4) is 0 Å². The topological polar surface area (TPSA) is 60.5 Å². The van der Waals surface area contributed by atoms with Gasteiger partial charge < -0.3 is 14.8 Å². The molecule has 5 nitrogen and oxygen atoms in total. The molecule has 0 saturated heterocycles. The second kappa shape index (κ2) is 7.42. The summed E-state index contributed by atoms with van der Waals surface area (Å²) in [5, 5.41) is 5.93. The monoisotopic (exact) mass is 370 g/mol. The van der Waals surface area contributed by atoms with Gasteiger partial charge >= 0.3 is 5.97 Å². The molecule has 1 heterocycles. The standard InChI is InChI=1S/C14H15BrN2O3S/c1-19-12-7-9(3-5-11(12)15)16-14-17-10(8-21-14)4-6-13(18)20-2/h3,5,7-8H,4,6H2,1-2H3,(H,16,17). The fourth-order valence-electron chi connectivity index (χ4n) is 1.67. The summed E-state index contributed by atoms with van der Waals surface area (Å²) < 4.78 is 10.8. The molecule has 2 rings (SSSR count). The highest BCUT2D eigenvalue weighted by atomic mass is 79.9. The van der Waals surface area contributed by atoms with E-state index in [2.05, 4.69) is 31.0 Å². The number of benzene rings is 1. The van der Waals surface area contributed by atoms with Gasteiger partial charge in [0, 0.05) is 23.6 Å². The molecule has 0 spiro atoms. The number of hydrogen-bond donors (Lipinski definition) is 1. The number of aromatic nitrogens is 1. The van der Waals surface area contributed by atoms with Crippen LogP contribution in [0.5, 0.6) is 5.75 Å². The van der Waals surface area contributed by atoms with Crippen molar-refractivity contribution in [2.45, 2.75) is 12.8 Å². The first kappa shape index (κ1) is 15.8. The largest absolute Gasteiger partial charge is 0.495 e. The summed E-state index contributed by atoms with van der Waals surface area (Å²) >= 11 is 4.91. The van der Waals surface area contributed by atoms with Crippen molar-refractivity contribution in [2.75, 3.05) is 19.5 Å². The van der Waals surface area contributed by atoms with Crippen molar-refractivity contribution in [1.82, 2.24) is 4.98 Å². The van der Waals surface area contributed by atoms with Gasteiger partial charge in [-0.15, -0.1) is 11.3 Å². The van der Waals surface area contributed by atoms with E-state index in [1.807, 2.05) is 23.6 Å². The maximum Gasteiger partial charge on any atom is 0.305 e. The molecule has 0 unspecified atom stereocenters.